The smallest absolute Gasteiger partial charge is 0.335 e. The number of nitrogens with zero attached hydrogens (tertiary/aromatic N) is 1. The second-order valence-corrected chi connectivity index (χ2v) is 10.4. The molecule has 2 rings (SSSR count). The number of nitrogens with one attached hydrogen (secondary N) is 1. The summed E-state index contributed by atoms with van der Waals surface area (Å²) in [5.74, 6) is 0.347. The van der Waals surface area contributed by atoms with E-state index in [-0.39, 0.29) is 30.9 Å². The molecule has 1 aliphatic heterocycles. The minimum Gasteiger partial charge on any atom is -0.462 e. The van der Waals surface area contributed by atoms with E-state index in [2.05, 4.69) is 30.4 Å². The van der Waals surface area contributed by atoms with Gasteiger partial charge in [0.15, 0.2) is 0 Å². The van der Waals surface area contributed by atoms with Gasteiger partial charge in [0, 0.05) is 23.9 Å². The number of carbonyl (C=O) groups excluding carboxylic acids is 2. The Morgan fingerprint density at radius 3 is 2.28 bits per heavy atom. The highest BCUT2D eigenvalue weighted by Gasteiger charge is 2.23. The highest BCUT2D eigenvalue weighted by Crippen LogP contribution is 2.34. The number of aliphatic hydroxyl groups excluding tert-OH is 1. The monoisotopic (exact) mass is 502 g/mol. The fraction of sp³-hybridized carbons (Fsp3) is 0.690. The Hall–Kier alpha value is -2.41. The minimum atomic E-state index is -0.661. The number of esters is 2. The molecule has 0 aromatic heterocycles. The van der Waals surface area contributed by atoms with Gasteiger partial charge in [-0.15, -0.1) is 0 Å². The standard InChI is InChI=1S/C29H46N2O5/c1-5-6-7-8-23-9-11-24(12-10-23)13-14-25-16-30-27(31-17-25)15-26(19-35-28(33)21(2)3)20-36-29(34)22(4)18-32/h16-17,23-24,26-27,30,32H,2,4-15,18-20H2,1,3H3. The molecule has 1 aliphatic carbocycles. The van der Waals surface area contributed by atoms with Crippen LogP contribution < -0.4 is 5.32 Å². The molecule has 7 heteroatoms. The molecule has 36 heavy (non-hydrogen) atoms. The summed E-state index contributed by atoms with van der Waals surface area (Å²) in [5, 5.41) is 12.4. The topological polar surface area (TPSA) is 97.2 Å². The van der Waals surface area contributed by atoms with Crippen LogP contribution >= 0.6 is 0 Å². The minimum absolute atomic E-state index is 0.0148. The number of hydrogen-bond donors (Lipinski definition) is 2. The average Bonchev–Trinajstić information content (AvgIpc) is 2.89. The van der Waals surface area contributed by atoms with Crippen molar-refractivity contribution in [3.05, 3.63) is 36.1 Å². The number of rotatable bonds is 16. The summed E-state index contributed by atoms with van der Waals surface area (Å²) in [4.78, 5) is 28.4. The van der Waals surface area contributed by atoms with Crippen LogP contribution in [0.5, 0.6) is 0 Å². The Labute approximate surface area is 217 Å². The maximum absolute atomic E-state index is 11.9. The SMILES string of the molecule is C=C(C)C(=O)OCC(COC(=O)C(=C)CO)CC1N=CC(CCC2CCC(CCCCC)CC2)=CN1. The first kappa shape index (κ1) is 29.8. The zero-order valence-electron chi connectivity index (χ0n) is 22.3. The Balaban J connectivity index is 1.76. The number of carbonyl (C=O) groups is 2. The number of aliphatic hydroxyl groups is 1. The maximum Gasteiger partial charge on any atom is 0.335 e. The second kappa shape index (κ2) is 16.4. The van der Waals surface area contributed by atoms with Crippen LogP contribution in [0.15, 0.2) is 41.1 Å². The predicted octanol–water partition coefficient (Wildman–Crippen LogP) is 5.25. The van der Waals surface area contributed by atoms with E-state index < -0.39 is 18.5 Å². The Morgan fingerprint density at radius 2 is 1.72 bits per heavy atom. The van der Waals surface area contributed by atoms with Gasteiger partial charge in [0.05, 0.1) is 25.4 Å². The molecule has 0 aromatic rings. The van der Waals surface area contributed by atoms with E-state index in [1.54, 1.807) is 6.92 Å². The van der Waals surface area contributed by atoms with Crippen molar-refractivity contribution in [3.8, 4) is 0 Å². The molecule has 0 aromatic carbocycles. The summed E-state index contributed by atoms with van der Waals surface area (Å²) < 4.78 is 10.5. The van der Waals surface area contributed by atoms with Crippen molar-refractivity contribution in [2.45, 2.75) is 90.6 Å². The molecule has 0 spiro atoms. The van der Waals surface area contributed by atoms with Crippen molar-refractivity contribution in [1.29, 1.82) is 0 Å². The zero-order valence-corrected chi connectivity index (χ0v) is 22.3. The Bertz CT molecular complexity index is 795. The van der Waals surface area contributed by atoms with E-state index in [1.165, 1.54) is 63.4 Å². The molecular formula is C29H46N2O5. The molecule has 2 N–H and O–H groups in total. The van der Waals surface area contributed by atoms with Gasteiger partial charge in [-0.3, -0.25) is 4.99 Å². The van der Waals surface area contributed by atoms with Gasteiger partial charge in [0.25, 0.3) is 0 Å². The summed E-state index contributed by atoms with van der Waals surface area (Å²) in [6.07, 6.45) is 17.5. The van der Waals surface area contributed by atoms with Gasteiger partial charge in [-0.2, -0.15) is 0 Å². The Kier molecular flexibility index (Phi) is 13.5. The molecule has 0 amide bonds. The molecule has 0 radical (unpaired) electrons. The summed E-state index contributed by atoms with van der Waals surface area (Å²) in [6.45, 7) is 10.6. The van der Waals surface area contributed by atoms with E-state index in [0.717, 1.165) is 18.3 Å². The third-order valence-electron chi connectivity index (χ3n) is 7.19. The molecule has 1 fully saturated rings. The molecule has 0 bridgehead atoms. The van der Waals surface area contributed by atoms with Crippen molar-refractivity contribution in [2.75, 3.05) is 19.8 Å². The van der Waals surface area contributed by atoms with Gasteiger partial charge >= 0.3 is 11.9 Å². The number of allylic oxidation sites excluding steroid dienone is 1. The summed E-state index contributed by atoms with van der Waals surface area (Å²) in [6, 6.07) is 0. The van der Waals surface area contributed by atoms with Crippen LogP contribution in [0.4, 0.5) is 0 Å². The molecule has 0 saturated heterocycles. The third kappa shape index (κ3) is 11.1. The van der Waals surface area contributed by atoms with Crippen LogP contribution in [0, 0.1) is 17.8 Å². The first-order chi connectivity index (χ1) is 17.3. The quantitative estimate of drug-likeness (QED) is 0.170. The van der Waals surface area contributed by atoms with Crippen LogP contribution in [0.2, 0.25) is 0 Å². The van der Waals surface area contributed by atoms with Crippen molar-refractivity contribution in [1.82, 2.24) is 5.32 Å². The predicted molar refractivity (Wildman–Crippen MR) is 143 cm³/mol. The average molecular weight is 503 g/mol. The lowest BCUT2D eigenvalue weighted by Crippen LogP contribution is -2.32. The van der Waals surface area contributed by atoms with Crippen LogP contribution in [0.25, 0.3) is 0 Å². The molecule has 2 atom stereocenters. The van der Waals surface area contributed by atoms with Crippen molar-refractivity contribution < 1.29 is 24.2 Å². The molecule has 7 nitrogen and oxygen atoms in total. The summed E-state index contributed by atoms with van der Waals surface area (Å²) in [5.41, 5.74) is 1.50. The van der Waals surface area contributed by atoms with Crippen molar-refractivity contribution in [2.24, 2.45) is 22.7 Å². The summed E-state index contributed by atoms with van der Waals surface area (Å²) >= 11 is 0. The lowest BCUT2D eigenvalue weighted by Gasteiger charge is -2.29. The van der Waals surface area contributed by atoms with Gasteiger partial charge in [-0.1, -0.05) is 71.4 Å². The van der Waals surface area contributed by atoms with E-state index in [1.807, 2.05) is 12.4 Å². The van der Waals surface area contributed by atoms with Crippen LogP contribution in [-0.2, 0) is 19.1 Å². The highest BCUT2D eigenvalue weighted by atomic mass is 16.5. The lowest BCUT2D eigenvalue weighted by molar-refractivity contribution is -0.144. The van der Waals surface area contributed by atoms with Crippen LogP contribution in [-0.4, -0.2) is 49.2 Å². The van der Waals surface area contributed by atoms with Crippen molar-refractivity contribution >= 4 is 18.2 Å². The second-order valence-electron chi connectivity index (χ2n) is 10.4. The van der Waals surface area contributed by atoms with Crippen LogP contribution in [0.1, 0.15) is 84.5 Å². The first-order valence-electron chi connectivity index (χ1n) is 13.6. The fourth-order valence-electron chi connectivity index (χ4n) is 4.77. The van der Waals surface area contributed by atoms with Gasteiger partial charge in [0.2, 0.25) is 0 Å². The summed E-state index contributed by atoms with van der Waals surface area (Å²) in [7, 11) is 0. The molecule has 1 saturated carbocycles. The molecule has 202 valence electrons. The van der Waals surface area contributed by atoms with E-state index in [4.69, 9.17) is 14.6 Å². The largest absolute Gasteiger partial charge is 0.462 e. The molecule has 1 heterocycles. The zero-order chi connectivity index (χ0) is 26.3. The maximum atomic E-state index is 11.9. The number of hydrogen-bond acceptors (Lipinski definition) is 7. The lowest BCUT2D eigenvalue weighted by atomic mass is 9.78. The molecular weight excluding hydrogens is 456 g/mol. The van der Waals surface area contributed by atoms with E-state index in [0.29, 0.717) is 12.0 Å². The van der Waals surface area contributed by atoms with E-state index >= 15 is 0 Å². The van der Waals surface area contributed by atoms with Gasteiger partial charge in [0.1, 0.15) is 6.17 Å². The first-order valence-corrected chi connectivity index (χ1v) is 13.6. The normalized spacial score (nSPS) is 22.2. The highest BCUT2D eigenvalue weighted by molar-refractivity contribution is 5.88. The Morgan fingerprint density at radius 1 is 1.08 bits per heavy atom. The number of aliphatic imine (C=N–C) groups is 1. The van der Waals surface area contributed by atoms with Crippen LogP contribution in [0.3, 0.4) is 0 Å². The number of unbranched alkanes of at least 4 members (excludes halogenated alkanes) is 2. The molecule has 2 unspecified atom stereocenters. The van der Waals surface area contributed by atoms with E-state index in [9.17, 15) is 9.59 Å². The number of ether oxygens (including phenoxy) is 2. The fourth-order valence-corrected chi connectivity index (χ4v) is 4.77. The van der Waals surface area contributed by atoms with Gasteiger partial charge in [-0.25, -0.2) is 9.59 Å². The molecule has 2 aliphatic rings. The third-order valence-corrected chi connectivity index (χ3v) is 7.19. The van der Waals surface area contributed by atoms with Crippen molar-refractivity contribution in [3.63, 3.8) is 0 Å². The van der Waals surface area contributed by atoms with Gasteiger partial charge < -0.3 is 19.9 Å². The van der Waals surface area contributed by atoms with Gasteiger partial charge in [-0.05, 0) is 43.6 Å².